The van der Waals surface area contributed by atoms with Crippen molar-refractivity contribution in [3.05, 3.63) is 57.0 Å². The van der Waals surface area contributed by atoms with Crippen LogP contribution < -0.4 is 4.72 Å². The van der Waals surface area contributed by atoms with Crippen LogP contribution >= 0.6 is 27.5 Å². The standard InChI is InChI=1S/C18H16BrClFN3O3S/c1-2-5-28(26,27)24-14-4-3-13(20)16(17(14)21)15(25)7-10-6-11-12(19)9-23-18(11)22-8-10/h3-4,6,8-9,24H,2,5,7H2,1H3,(H,22,23). The molecular weight excluding hydrogens is 473 g/mol. The van der Waals surface area contributed by atoms with Gasteiger partial charge in [0, 0.05) is 28.7 Å². The third-order valence-electron chi connectivity index (χ3n) is 4.01. The molecule has 0 bridgehead atoms. The molecule has 28 heavy (non-hydrogen) atoms. The first-order valence-corrected chi connectivity index (χ1v) is 11.2. The average Bonchev–Trinajstić information content (AvgIpc) is 2.98. The van der Waals surface area contributed by atoms with Gasteiger partial charge in [-0.1, -0.05) is 18.5 Å². The lowest BCUT2D eigenvalue weighted by molar-refractivity contribution is 0.0989. The van der Waals surface area contributed by atoms with Gasteiger partial charge in [0.2, 0.25) is 10.0 Å². The molecule has 0 fully saturated rings. The van der Waals surface area contributed by atoms with Gasteiger partial charge in [-0.05, 0) is 46.1 Å². The van der Waals surface area contributed by atoms with Crippen LogP contribution in [0.3, 0.4) is 0 Å². The van der Waals surface area contributed by atoms with Crippen molar-refractivity contribution in [3.8, 4) is 0 Å². The average molecular weight is 489 g/mol. The number of pyridine rings is 1. The molecule has 0 amide bonds. The fourth-order valence-electron chi connectivity index (χ4n) is 2.76. The molecule has 1 aromatic carbocycles. The van der Waals surface area contributed by atoms with Gasteiger partial charge in [-0.25, -0.2) is 17.8 Å². The van der Waals surface area contributed by atoms with Gasteiger partial charge in [0.25, 0.3) is 0 Å². The number of Topliss-reactive ketones (excluding diaryl/α,β-unsaturated/α-hetero) is 1. The van der Waals surface area contributed by atoms with E-state index in [1.54, 1.807) is 19.2 Å². The number of aromatic amines is 1. The first-order valence-electron chi connectivity index (χ1n) is 8.35. The van der Waals surface area contributed by atoms with Crippen molar-refractivity contribution in [2.75, 3.05) is 10.5 Å². The van der Waals surface area contributed by atoms with Crippen molar-refractivity contribution >= 4 is 60.1 Å². The summed E-state index contributed by atoms with van der Waals surface area (Å²) in [5.41, 5.74) is 0.569. The van der Waals surface area contributed by atoms with Crippen LogP contribution in [0, 0.1) is 5.82 Å². The smallest absolute Gasteiger partial charge is 0.232 e. The number of aromatic nitrogens is 2. The van der Waals surface area contributed by atoms with E-state index >= 15 is 0 Å². The number of nitrogens with zero attached hydrogens (tertiary/aromatic N) is 1. The summed E-state index contributed by atoms with van der Waals surface area (Å²) in [4.78, 5) is 19.9. The fourth-order valence-corrected chi connectivity index (χ4v) is 4.56. The molecule has 0 radical (unpaired) electrons. The summed E-state index contributed by atoms with van der Waals surface area (Å²) in [5, 5.41) is 0.704. The lowest BCUT2D eigenvalue weighted by atomic mass is 10.0. The lowest BCUT2D eigenvalue weighted by Crippen LogP contribution is -2.18. The Labute approximate surface area is 174 Å². The number of ketones is 1. The zero-order valence-corrected chi connectivity index (χ0v) is 17.9. The predicted octanol–water partition coefficient (Wildman–Crippen LogP) is 4.70. The summed E-state index contributed by atoms with van der Waals surface area (Å²) in [6.07, 6.45) is 3.48. The normalized spacial score (nSPS) is 11.7. The Bertz CT molecular complexity index is 1160. The number of halogens is 3. The molecule has 148 valence electrons. The molecular formula is C18H16BrClFN3O3S. The van der Waals surface area contributed by atoms with E-state index in [-0.39, 0.29) is 28.4 Å². The number of sulfonamides is 1. The van der Waals surface area contributed by atoms with Crippen LogP contribution in [-0.4, -0.2) is 29.9 Å². The Morgan fingerprint density at radius 2 is 2.14 bits per heavy atom. The monoisotopic (exact) mass is 487 g/mol. The molecule has 3 rings (SSSR count). The van der Waals surface area contributed by atoms with Crippen molar-refractivity contribution in [2.24, 2.45) is 0 Å². The fraction of sp³-hybridized carbons (Fsp3) is 0.222. The molecule has 10 heteroatoms. The lowest BCUT2D eigenvalue weighted by Gasteiger charge is -2.12. The minimum atomic E-state index is -3.71. The van der Waals surface area contributed by atoms with Crippen molar-refractivity contribution in [3.63, 3.8) is 0 Å². The number of nitrogens with one attached hydrogen (secondary N) is 2. The van der Waals surface area contributed by atoms with Crippen molar-refractivity contribution in [1.82, 2.24) is 9.97 Å². The number of carbonyl (C=O) groups excluding carboxylic acids is 1. The van der Waals surface area contributed by atoms with Crippen LogP contribution in [0.1, 0.15) is 29.3 Å². The van der Waals surface area contributed by atoms with Crippen LogP contribution in [-0.2, 0) is 16.4 Å². The van der Waals surface area contributed by atoms with E-state index in [9.17, 15) is 17.6 Å². The molecule has 0 saturated heterocycles. The number of anilines is 1. The van der Waals surface area contributed by atoms with Gasteiger partial charge < -0.3 is 4.98 Å². The zero-order chi connectivity index (χ0) is 20.5. The second-order valence-electron chi connectivity index (χ2n) is 6.18. The summed E-state index contributed by atoms with van der Waals surface area (Å²) in [5.74, 6) is -1.73. The Balaban J connectivity index is 1.92. The molecule has 0 unspecified atom stereocenters. The SMILES string of the molecule is CCCS(=O)(=O)Nc1ccc(Cl)c(C(=O)Cc2cnc3[nH]cc(Br)c3c2)c1F. The third-order valence-corrected chi connectivity index (χ3v) is 6.46. The predicted molar refractivity (Wildman–Crippen MR) is 111 cm³/mol. The van der Waals surface area contributed by atoms with Crippen LogP contribution in [0.4, 0.5) is 10.1 Å². The second-order valence-corrected chi connectivity index (χ2v) is 9.28. The Morgan fingerprint density at radius 3 is 2.86 bits per heavy atom. The molecule has 2 heterocycles. The summed E-state index contributed by atoms with van der Waals surface area (Å²) in [6, 6.07) is 4.26. The first-order chi connectivity index (χ1) is 13.2. The number of benzene rings is 1. The Kier molecular flexibility index (Phi) is 6.07. The summed E-state index contributed by atoms with van der Waals surface area (Å²) < 4.78 is 41.7. The molecule has 0 saturated carbocycles. The van der Waals surface area contributed by atoms with Crippen LogP contribution in [0.25, 0.3) is 11.0 Å². The van der Waals surface area contributed by atoms with E-state index in [1.165, 1.54) is 18.3 Å². The number of rotatable bonds is 7. The minimum absolute atomic E-state index is 0.0854. The highest BCUT2D eigenvalue weighted by Crippen LogP contribution is 2.29. The Morgan fingerprint density at radius 1 is 1.39 bits per heavy atom. The molecule has 6 nitrogen and oxygen atoms in total. The van der Waals surface area contributed by atoms with E-state index in [0.29, 0.717) is 17.6 Å². The van der Waals surface area contributed by atoms with Gasteiger partial charge in [-0.15, -0.1) is 0 Å². The second kappa shape index (κ2) is 8.18. The topological polar surface area (TPSA) is 91.9 Å². The van der Waals surface area contributed by atoms with E-state index in [4.69, 9.17) is 11.6 Å². The maximum absolute atomic E-state index is 14.9. The van der Waals surface area contributed by atoms with Crippen LogP contribution in [0.2, 0.25) is 5.02 Å². The minimum Gasteiger partial charge on any atom is -0.345 e. The van der Waals surface area contributed by atoms with Gasteiger partial charge >= 0.3 is 0 Å². The van der Waals surface area contributed by atoms with Crippen molar-refractivity contribution < 1.29 is 17.6 Å². The number of H-pyrrole nitrogens is 1. The van der Waals surface area contributed by atoms with Gasteiger partial charge in [0.05, 0.1) is 22.0 Å². The molecule has 0 aliphatic carbocycles. The number of fused-ring (bicyclic) bond motifs is 1. The van der Waals surface area contributed by atoms with Gasteiger partial charge in [-0.3, -0.25) is 9.52 Å². The maximum Gasteiger partial charge on any atom is 0.232 e. The van der Waals surface area contributed by atoms with E-state index < -0.39 is 21.6 Å². The Hall–Kier alpha value is -1.97. The number of carbonyl (C=O) groups is 1. The molecule has 2 aromatic heterocycles. The van der Waals surface area contributed by atoms with Crippen LogP contribution in [0.15, 0.2) is 35.1 Å². The quantitative estimate of drug-likeness (QED) is 0.472. The zero-order valence-electron chi connectivity index (χ0n) is 14.7. The summed E-state index contributed by atoms with van der Waals surface area (Å²) in [7, 11) is -3.71. The molecule has 0 aliphatic rings. The molecule has 2 N–H and O–H groups in total. The number of hydrogen-bond acceptors (Lipinski definition) is 4. The third kappa shape index (κ3) is 4.37. The molecule has 3 aromatic rings. The highest BCUT2D eigenvalue weighted by atomic mass is 79.9. The van der Waals surface area contributed by atoms with E-state index in [1.807, 2.05) is 0 Å². The van der Waals surface area contributed by atoms with Gasteiger partial charge in [-0.2, -0.15) is 0 Å². The van der Waals surface area contributed by atoms with Crippen molar-refractivity contribution in [2.45, 2.75) is 19.8 Å². The summed E-state index contributed by atoms with van der Waals surface area (Å²) in [6.45, 7) is 1.69. The summed E-state index contributed by atoms with van der Waals surface area (Å²) >= 11 is 9.41. The van der Waals surface area contributed by atoms with E-state index in [0.717, 1.165) is 9.86 Å². The van der Waals surface area contributed by atoms with Gasteiger partial charge in [0.1, 0.15) is 5.65 Å². The molecule has 0 atom stereocenters. The molecule has 0 aliphatic heterocycles. The molecule has 0 spiro atoms. The number of hydrogen-bond donors (Lipinski definition) is 2. The van der Waals surface area contributed by atoms with E-state index in [2.05, 4.69) is 30.6 Å². The largest absolute Gasteiger partial charge is 0.345 e. The first kappa shape index (κ1) is 20.8. The highest BCUT2D eigenvalue weighted by Gasteiger charge is 2.22. The maximum atomic E-state index is 14.9. The van der Waals surface area contributed by atoms with Gasteiger partial charge in [0.15, 0.2) is 11.6 Å². The van der Waals surface area contributed by atoms with Crippen molar-refractivity contribution in [1.29, 1.82) is 0 Å². The highest BCUT2D eigenvalue weighted by molar-refractivity contribution is 9.10. The van der Waals surface area contributed by atoms with Crippen LogP contribution in [0.5, 0.6) is 0 Å².